The molecule has 0 fully saturated rings. The number of hydrogen-bond donors (Lipinski definition) is 0. The first-order valence-corrected chi connectivity index (χ1v) is 8.10. The summed E-state index contributed by atoms with van der Waals surface area (Å²) in [5.41, 5.74) is 3.02. The number of benzene rings is 2. The van der Waals surface area contributed by atoms with E-state index in [0.29, 0.717) is 22.7 Å². The van der Waals surface area contributed by atoms with Crippen LogP contribution in [-0.4, -0.2) is 21.0 Å². The van der Waals surface area contributed by atoms with Gasteiger partial charge in [-0.25, -0.2) is 9.07 Å². The number of rotatable bonds is 4. The van der Waals surface area contributed by atoms with Crippen LogP contribution in [0.3, 0.4) is 0 Å². The third-order valence-corrected chi connectivity index (χ3v) is 4.44. The van der Waals surface area contributed by atoms with Crippen molar-refractivity contribution in [1.29, 1.82) is 0 Å². The quantitative estimate of drug-likeness (QED) is 0.671. The summed E-state index contributed by atoms with van der Waals surface area (Å²) < 4.78 is 20.2. The highest BCUT2D eigenvalue weighted by atomic mass is 35.5. The molecule has 1 aliphatic carbocycles. The molecule has 7 heteroatoms. The average molecular weight is 358 g/mol. The molecule has 0 aliphatic heterocycles. The molecule has 0 amide bonds. The number of carbonyl (C=O) groups excluding carboxylic acids is 1. The molecule has 4 rings (SSSR count). The van der Waals surface area contributed by atoms with Crippen LogP contribution in [0.2, 0.25) is 5.02 Å². The van der Waals surface area contributed by atoms with Crippen molar-refractivity contribution >= 4 is 17.6 Å². The molecule has 25 heavy (non-hydrogen) atoms. The predicted molar refractivity (Wildman–Crippen MR) is 89.0 cm³/mol. The lowest BCUT2D eigenvalue weighted by molar-refractivity contribution is -0.147. The van der Waals surface area contributed by atoms with E-state index in [2.05, 4.69) is 10.3 Å². The van der Waals surface area contributed by atoms with Crippen molar-refractivity contribution in [2.75, 3.05) is 0 Å². The standard InChI is InChI=1S/C18H13ClFN3O2/c19-12-2-5-15(6-3-12)23-9-14(21-22-23)10-25-18(24)17-7-11-1-4-13(20)8-16(11)17/h1-6,8-9,17H,7,10H2. The third-order valence-electron chi connectivity index (χ3n) is 4.19. The van der Waals surface area contributed by atoms with Crippen molar-refractivity contribution in [2.24, 2.45) is 0 Å². The first-order valence-electron chi connectivity index (χ1n) is 7.72. The first kappa shape index (κ1) is 15.8. The largest absolute Gasteiger partial charge is 0.459 e. The number of carbonyl (C=O) groups is 1. The molecule has 0 spiro atoms. The summed E-state index contributed by atoms with van der Waals surface area (Å²) in [6.45, 7) is 0.0214. The maximum absolute atomic E-state index is 13.3. The van der Waals surface area contributed by atoms with Gasteiger partial charge in [0.05, 0.1) is 17.8 Å². The first-order chi connectivity index (χ1) is 12.1. The molecule has 1 heterocycles. The molecule has 0 bridgehead atoms. The molecule has 2 aromatic carbocycles. The van der Waals surface area contributed by atoms with Gasteiger partial charge in [-0.3, -0.25) is 4.79 Å². The summed E-state index contributed by atoms with van der Waals surface area (Å²) in [6, 6.07) is 11.6. The van der Waals surface area contributed by atoms with Gasteiger partial charge < -0.3 is 4.74 Å². The van der Waals surface area contributed by atoms with Crippen molar-refractivity contribution in [2.45, 2.75) is 18.9 Å². The normalized spacial score (nSPS) is 15.4. The van der Waals surface area contributed by atoms with Crippen molar-refractivity contribution in [3.63, 3.8) is 0 Å². The number of hydrogen-bond acceptors (Lipinski definition) is 4. The van der Waals surface area contributed by atoms with Crippen molar-refractivity contribution in [3.8, 4) is 5.69 Å². The Kier molecular flexibility index (Phi) is 3.97. The minimum absolute atomic E-state index is 0.0214. The van der Waals surface area contributed by atoms with Gasteiger partial charge >= 0.3 is 5.97 Å². The van der Waals surface area contributed by atoms with Gasteiger partial charge in [0, 0.05) is 5.02 Å². The SMILES string of the molecule is O=C(OCc1cn(-c2ccc(Cl)cc2)nn1)C1Cc2ccc(F)cc21. The van der Waals surface area contributed by atoms with Crippen molar-refractivity contribution < 1.29 is 13.9 Å². The fourth-order valence-corrected chi connectivity index (χ4v) is 2.94. The van der Waals surface area contributed by atoms with Gasteiger partial charge in [-0.1, -0.05) is 22.9 Å². The molecule has 3 aromatic rings. The van der Waals surface area contributed by atoms with Crippen molar-refractivity contribution in [1.82, 2.24) is 15.0 Å². The number of ether oxygens (including phenoxy) is 1. The number of esters is 1. The minimum Gasteiger partial charge on any atom is -0.459 e. The summed E-state index contributed by atoms with van der Waals surface area (Å²) in [4.78, 5) is 12.2. The third kappa shape index (κ3) is 3.13. The molecule has 0 radical (unpaired) electrons. The van der Waals surface area contributed by atoms with Gasteiger partial charge in [0.25, 0.3) is 0 Å². The van der Waals surface area contributed by atoms with E-state index in [0.717, 1.165) is 11.3 Å². The van der Waals surface area contributed by atoms with Gasteiger partial charge in [0.2, 0.25) is 0 Å². The Balaban J connectivity index is 1.39. The zero-order chi connectivity index (χ0) is 17.4. The number of aromatic nitrogens is 3. The molecule has 0 N–H and O–H groups in total. The Bertz CT molecular complexity index is 940. The van der Waals surface area contributed by atoms with Crippen LogP contribution in [0, 0.1) is 5.82 Å². The Morgan fingerprint density at radius 1 is 1.28 bits per heavy atom. The highest BCUT2D eigenvalue weighted by Crippen LogP contribution is 2.36. The summed E-state index contributed by atoms with van der Waals surface area (Å²) in [5.74, 6) is -1.13. The maximum atomic E-state index is 13.3. The van der Waals surface area contributed by atoms with Gasteiger partial charge in [-0.05, 0) is 53.9 Å². The molecule has 0 saturated heterocycles. The maximum Gasteiger partial charge on any atom is 0.314 e. The lowest BCUT2D eigenvalue weighted by atomic mass is 9.77. The second-order valence-corrected chi connectivity index (χ2v) is 6.27. The molecule has 5 nitrogen and oxygen atoms in total. The molecule has 1 atom stereocenters. The van der Waals surface area contributed by atoms with Gasteiger partial charge in [0.15, 0.2) is 0 Å². The summed E-state index contributed by atoms with van der Waals surface area (Å²) in [5, 5.41) is 8.63. The fourth-order valence-electron chi connectivity index (χ4n) is 2.82. The Labute approximate surface area is 148 Å². The molecular weight excluding hydrogens is 345 g/mol. The summed E-state index contributed by atoms with van der Waals surface area (Å²) in [7, 11) is 0. The van der Waals surface area contributed by atoms with Crippen LogP contribution in [-0.2, 0) is 22.6 Å². The average Bonchev–Trinajstić information content (AvgIpc) is 3.05. The van der Waals surface area contributed by atoms with E-state index in [1.54, 1.807) is 29.1 Å². The second-order valence-electron chi connectivity index (χ2n) is 5.84. The van der Waals surface area contributed by atoms with Crippen LogP contribution >= 0.6 is 11.6 Å². The number of nitrogens with zero attached hydrogens (tertiary/aromatic N) is 3. The van der Waals surface area contributed by atoms with E-state index in [4.69, 9.17) is 16.3 Å². The highest BCUT2D eigenvalue weighted by Gasteiger charge is 2.33. The van der Waals surface area contributed by atoms with E-state index in [9.17, 15) is 9.18 Å². The smallest absolute Gasteiger partial charge is 0.314 e. The van der Waals surface area contributed by atoms with E-state index in [-0.39, 0.29) is 18.4 Å². The van der Waals surface area contributed by atoms with Crippen LogP contribution in [0.5, 0.6) is 0 Å². The monoisotopic (exact) mass is 357 g/mol. The van der Waals surface area contributed by atoms with E-state index < -0.39 is 5.92 Å². The summed E-state index contributed by atoms with van der Waals surface area (Å²) >= 11 is 5.86. The van der Waals surface area contributed by atoms with Crippen LogP contribution in [0.25, 0.3) is 5.69 Å². The minimum atomic E-state index is -0.406. The summed E-state index contributed by atoms with van der Waals surface area (Å²) in [6.07, 6.45) is 2.26. The van der Waals surface area contributed by atoms with Crippen LogP contribution < -0.4 is 0 Å². The zero-order valence-electron chi connectivity index (χ0n) is 13.0. The van der Waals surface area contributed by atoms with Gasteiger partial charge in [-0.15, -0.1) is 5.10 Å². The van der Waals surface area contributed by atoms with Crippen LogP contribution in [0.1, 0.15) is 22.7 Å². The zero-order valence-corrected chi connectivity index (χ0v) is 13.8. The highest BCUT2D eigenvalue weighted by molar-refractivity contribution is 6.30. The molecule has 0 saturated carbocycles. The Hall–Kier alpha value is -2.73. The van der Waals surface area contributed by atoms with E-state index in [1.165, 1.54) is 12.1 Å². The fraction of sp³-hybridized carbons (Fsp3) is 0.167. The van der Waals surface area contributed by atoms with Crippen LogP contribution in [0.15, 0.2) is 48.7 Å². The van der Waals surface area contributed by atoms with Crippen molar-refractivity contribution in [3.05, 3.63) is 76.3 Å². The molecule has 126 valence electrons. The topological polar surface area (TPSA) is 57.0 Å². The Morgan fingerprint density at radius 2 is 2.08 bits per heavy atom. The van der Waals surface area contributed by atoms with Crippen LogP contribution in [0.4, 0.5) is 4.39 Å². The second kappa shape index (κ2) is 6.29. The number of fused-ring (bicyclic) bond motifs is 1. The van der Waals surface area contributed by atoms with E-state index in [1.807, 2.05) is 12.1 Å². The predicted octanol–water partition coefficient (Wildman–Crippen LogP) is 3.44. The Morgan fingerprint density at radius 3 is 2.88 bits per heavy atom. The molecule has 1 unspecified atom stereocenters. The lowest BCUT2D eigenvalue weighted by Gasteiger charge is -2.28. The van der Waals surface area contributed by atoms with Gasteiger partial charge in [-0.2, -0.15) is 0 Å². The molecule has 1 aliphatic rings. The van der Waals surface area contributed by atoms with Gasteiger partial charge in [0.1, 0.15) is 18.1 Å². The lowest BCUT2D eigenvalue weighted by Crippen LogP contribution is -2.27. The van der Waals surface area contributed by atoms with E-state index >= 15 is 0 Å². The number of halogens is 2. The molecular formula is C18H13ClFN3O2. The molecule has 1 aromatic heterocycles.